The maximum atomic E-state index is 13.0. The Labute approximate surface area is 152 Å². The zero-order valence-electron chi connectivity index (χ0n) is 14.5. The third-order valence-corrected chi connectivity index (χ3v) is 6.35. The van der Waals surface area contributed by atoms with Crippen LogP contribution in [-0.2, 0) is 10.0 Å². The van der Waals surface area contributed by atoms with Gasteiger partial charge in [-0.3, -0.25) is 9.10 Å². The maximum absolute atomic E-state index is 13.0. The van der Waals surface area contributed by atoms with E-state index in [2.05, 4.69) is 5.32 Å². The predicted octanol–water partition coefficient (Wildman–Crippen LogP) is 3.25. The summed E-state index contributed by atoms with van der Waals surface area (Å²) in [6.45, 7) is 2.29. The van der Waals surface area contributed by atoms with Crippen molar-refractivity contribution in [1.82, 2.24) is 5.32 Å². The lowest BCUT2D eigenvalue weighted by atomic mass is 10.1. The van der Waals surface area contributed by atoms with Crippen molar-refractivity contribution < 1.29 is 17.6 Å². The molecule has 0 aromatic heterocycles. The number of nitrogens with zero attached hydrogens (tertiary/aromatic N) is 1. The van der Waals surface area contributed by atoms with Crippen molar-refractivity contribution in [2.24, 2.45) is 0 Å². The van der Waals surface area contributed by atoms with E-state index in [9.17, 15) is 17.6 Å². The van der Waals surface area contributed by atoms with Gasteiger partial charge in [0.05, 0.1) is 17.5 Å². The molecule has 1 fully saturated rings. The predicted molar refractivity (Wildman–Crippen MR) is 99.1 cm³/mol. The lowest BCUT2D eigenvalue weighted by Gasteiger charge is -2.28. The molecule has 1 atom stereocenters. The summed E-state index contributed by atoms with van der Waals surface area (Å²) in [5.74, 6) is -0.435. The summed E-state index contributed by atoms with van der Waals surface area (Å²) < 4.78 is 38.7. The minimum absolute atomic E-state index is 0.157. The second-order valence-electron chi connectivity index (χ2n) is 6.39. The Morgan fingerprint density at radius 2 is 1.73 bits per heavy atom. The van der Waals surface area contributed by atoms with E-state index in [1.807, 2.05) is 6.92 Å². The molecule has 1 amide bonds. The first kappa shape index (κ1) is 18.4. The summed E-state index contributed by atoms with van der Waals surface area (Å²) in [6.07, 6.45) is 1.51. The van der Waals surface area contributed by atoms with Gasteiger partial charge in [0.1, 0.15) is 5.82 Å². The number of sulfonamides is 1. The third-order valence-electron chi connectivity index (χ3n) is 4.48. The van der Waals surface area contributed by atoms with Crippen LogP contribution in [0.5, 0.6) is 0 Å². The Kier molecular flexibility index (Phi) is 5.27. The molecule has 0 spiro atoms. The fourth-order valence-electron chi connectivity index (χ4n) is 2.97. The van der Waals surface area contributed by atoms with Gasteiger partial charge in [-0.05, 0) is 61.7 Å². The molecule has 1 heterocycles. The fraction of sp³-hybridized carbons (Fsp3) is 0.316. The van der Waals surface area contributed by atoms with E-state index in [4.69, 9.17) is 0 Å². The molecule has 1 aliphatic heterocycles. The number of rotatable bonds is 4. The molecule has 0 saturated carbocycles. The zero-order chi connectivity index (χ0) is 18.7. The van der Waals surface area contributed by atoms with E-state index >= 15 is 0 Å². The van der Waals surface area contributed by atoms with E-state index in [0.717, 1.165) is 12.0 Å². The highest BCUT2D eigenvalue weighted by Gasteiger charge is 2.26. The van der Waals surface area contributed by atoms with Crippen LogP contribution in [0.1, 0.15) is 41.7 Å². The van der Waals surface area contributed by atoms with Crippen molar-refractivity contribution in [2.75, 3.05) is 16.6 Å². The van der Waals surface area contributed by atoms with Crippen molar-refractivity contribution in [2.45, 2.75) is 25.8 Å². The summed E-state index contributed by atoms with van der Waals surface area (Å²) in [5.41, 5.74) is 1.82. The molecular weight excluding hydrogens is 355 g/mol. The molecule has 0 aliphatic carbocycles. The van der Waals surface area contributed by atoms with E-state index in [-0.39, 0.29) is 23.5 Å². The van der Waals surface area contributed by atoms with E-state index in [1.165, 1.54) is 16.4 Å². The van der Waals surface area contributed by atoms with Crippen LogP contribution in [0.25, 0.3) is 0 Å². The van der Waals surface area contributed by atoms with Crippen molar-refractivity contribution in [3.8, 4) is 0 Å². The number of carbonyl (C=O) groups is 1. The van der Waals surface area contributed by atoms with Crippen LogP contribution in [0.3, 0.4) is 0 Å². The van der Waals surface area contributed by atoms with Crippen molar-refractivity contribution in [1.29, 1.82) is 0 Å². The van der Waals surface area contributed by atoms with Crippen LogP contribution < -0.4 is 9.62 Å². The van der Waals surface area contributed by atoms with Crippen LogP contribution in [0, 0.1) is 5.82 Å². The van der Waals surface area contributed by atoms with Crippen molar-refractivity contribution >= 4 is 21.6 Å². The first-order valence-corrected chi connectivity index (χ1v) is 10.1. The van der Waals surface area contributed by atoms with Gasteiger partial charge in [0.15, 0.2) is 0 Å². The second-order valence-corrected chi connectivity index (χ2v) is 8.40. The molecule has 0 radical (unpaired) electrons. The molecule has 138 valence electrons. The van der Waals surface area contributed by atoms with Gasteiger partial charge in [0.2, 0.25) is 10.0 Å². The standard InChI is InChI=1S/C19H21FN2O3S/c1-14(15-4-8-17(20)9-5-15)21-19(23)16-6-10-18(11-7-16)22-12-2-3-13-26(22,24)25/h4-11,14H,2-3,12-13H2,1H3,(H,21,23). The van der Waals surface area contributed by atoms with Gasteiger partial charge in [0, 0.05) is 12.1 Å². The number of carbonyl (C=O) groups excluding carboxylic acids is 1. The van der Waals surface area contributed by atoms with Crippen molar-refractivity contribution in [3.63, 3.8) is 0 Å². The molecule has 7 heteroatoms. The van der Waals surface area contributed by atoms with Crippen LogP contribution in [0.4, 0.5) is 10.1 Å². The highest BCUT2D eigenvalue weighted by Crippen LogP contribution is 2.24. The Morgan fingerprint density at radius 1 is 1.08 bits per heavy atom. The molecule has 1 N–H and O–H groups in total. The Hall–Kier alpha value is -2.41. The lowest BCUT2D eigenvalue weighted by Crippen LogP contribution is -2.37. The number of hydrogen-bond donors (Lipinski definition) is 1. The zero-order valence-corrected chi connectivity index (χ0v) is 15.3. The number of benzene rings is 2. The number of halogens is 1. The van der Waals surface area contributed by atoms with E-state index < -0.39 is 10.0 Å². The van der Waals surface area contributed by atoms with Crippen molar-refractivity contribution in [3.05, 3.63) is 65.5 Å². The van der Waals surface area contributed by atoms with Crippen LogP contribution >= 0.6 is 0 Å². The van der Waals surface area contributed by atoms with Crippen LogP contribution in [0.2, 0.25) is 0 Å². The highest BCUT2D eigenvalue weighted by molar-refractivity contribution is 7.92. The smallest absolute Gasteiger partial charge is 0.251 e. The molecule has 26 heavy (non-hydrogen) atoms. The summed E-state index contributed by atoms with van der Waals surface area (Å²) in [5, 5.41) is 2.85. The summed E-state index contributed by atoms with van der Waals surface area (Å²) in [6, 6.07) is 12.2. The molecule has 2 aromatic carbocycles. The van der Waals surface area contributed by atoms with Gasteiger partial charge in [-0.2, -0.15) is 0 Å². The Balaban J connectivity index is 1.70. The molecule has 1 saturated heterocycles. The van der Waals surface area contributed by atoms with E-state index in [1.54, 1.807) is 36.4 Å². The molecular formula is C19H21FN2O3S. The van der Waals surface area contributed by atoms with Gasteiger partial charge in [-0.1, -0.05) is 12.1 Å². The summed E-state index contributed by atoms with van der Waals surface area (Å²) >= 11 is 0. The number of hydrogen-bond acceptors (Lipinski definition) is 3. The van der Waals surface area contributed by atoms with Gasteiger partial charge in [-0.25, -0.2) is 12.8 Å². The number of anilines is 1. The lowest BCUT2D eigenvalue weighted by molar-refractivity contribution is 0.0940. The monoisotopic (exact) mass is 376 g/mol. The van der Waals surface area contributed by atoms with Crippen LogP contribution in [-0.4, -0.2) is 26.6 Å². The largest absolute Gasteiger partial charge is 0.346 e. The molecule has 5 nitrogen and oxygen atoms in total. The van der Waals surface area contributed by atoms with E-state index in [0.29, 0.717) is 24.2 Å². The molecule has 1 aliphatic rings. The van der Waals surface area contributed by atoms with Gasteiger partial charge < -0.3 is 5.32 Å². The Bertz CT molecular complexity index is 880. The first-order valence-electron chi connectivity index (χ1n) is 8.53. The highest BCUT2D eigenvalue weighted by atomic mass is 32.2. The average molecular weight is 376 g/mol. The quantitative estimate of drug-likeness (QED) is 0.891. The topological polar surface area (TPSA) is 66.5 Å². The Morgan fingerprint density at radius 3 is 2.35 bits per heavy atom. The van der Waals surface area contributed by atoms with Gasteiger partial charge in [-0.15, -0.1) is 0 Å². The average Bonchev–Trinajstić information content (AvgIpc) is 2.62. The minimum Gasteiger partial charge on any atom is -0.346 e. The summed E-state index contributed by atoms with van der Waals surface area (Å²) in [4.78, 5) is 12.4. The summed E-state index contributed by atoms with van der Waals surface area (Å²) in [7, 11) is -3.27. The normalized spacial score (nSPS) is 17.5. The number of nitrogens with one attached hydrogen (secondary N) is 1. The second kappa shape index (κ2) is 7.45. The maximum Gasteiger partial charge on any atom is 0.251 e. The first-order chi connectivity index (χ1) is 12.4. The molecule has 0 bridgehead atoms. The van der Waals surface area contributed by atoms with Crippen LogP contribution in [0.15, 0.2) is 48.5 Å². The van der Waals surface area contributed by atoms with Gasteiger partial charge in [0.25, 0.3) is 5.91 Å². The SMILES string of the molecule is CC(NC(=O)c1ccc(N2CCCCS2(=O)=O)cc1)c1ccc(F)cc1. The molecule has 3 rings (SSSR count). The minimum atomic E-state index is -3.27. The molecule has 1 unspecified atom stereocenters. The number of amides is 1. The third kappa shape index (κ3) is 4.04. The van der Waals surface area contributed by atoms with Gasteiger partial charge >= 0.3 is 0 Å². The fourth-order valence-corrected chi connectivity index (χ4v) is 4.61. The molecule has 2 aromatic rings.